The van der Waals surface area contributed by atoms with E-state index in [9.17, 15) is 14.7 Å². The van der Waals surface area contributed by atoms with Gasteiger partial charge in [0, 0.05) is 6.42 Å². The maximum Gasteiger partial charge on any atom is 0.329 e. The Kier molecular flexibility index (Phi) is 5.21. The molecule has 3 unspecified atom stereocenters. The van der Waals surface area contributed by atoms with E-state index in [2.05, 4.69) is 0 Å². The molecule has 1 fully saturated rings. The van der Waals surface area contributed by atoms with Crippen molar-refractivity contribution in [2.24, 2.45) is 11.5 Å². The molecule has 7 nitrogen and oxygen atoms in total. The topological polar surface area (TPSA) is 125 Å². The summed E-state index contributed by atoms with van der Waals surface area (Å²) in [5.41, 5.74) is 7.34. The summed E-state index contributed by atoms with van der Waals surface area (Å²) in [5, 5.41) is 9.94. The average molecular weight is 330 g/mol. The van der Waals surface area contributed by atoms with Crippen molar-refractivity contribution in [3.63, 3.8) is 0 Å². The first-order chi connectivity index (χ1) is 10.1. The second-order valence-corrected chi connectivity index (χ2v) is 8.34. The molecule has 1 aliphatic carbocycles. The first-order valence-electron chi connectivity index (χ1n) is 7.83. The third-order valence-electron chi connectivity index (χ3n) is 3.75. The Labute approximate surface area is 137 Å². The van der Waals surface area contributed by atoms with Gasteiger partial charge >= 0.3 is 11.9 Å². The van der Waals surface area contributed by atoms with Gasteiger partial charge in [0.25, 0.3) is 0 Å². The van der Waals surface area contributed by atoms with Gasteiger partial charge < -0.3 is 26.0 Å². The molecule has 0 aromatic carbocycles. The van der Waals surface area contributed by atoms with E-state index in [1.54, 1.807) is 41.5 Å². The monoisotopic (exact) mass is 330 g/mol. The quantitative estimate of drug-likeness (QED) is 0.633. The smallest absolute Gasteiger partial charge is 0.329 e. The first-order valence-corrected chi connectivity index (χ1v) is 7.83. The van der Waals surface area contributed by atoms with Gasteiger partial charge in [-0.1, -0.05) is 0 Å². The lowest BCUT2D eigenvalue weighted by molar-refractivity contribution is -0.182. The van der Waals surface area contributed by atoms with Crippen LogP contribution in [0, 0.1) is 0 Å². The van der Waals surface area contributed by atoms with Crippen LogP contribution in [0.3, 0.4) is 0 Å². The fourth-order valence-electron chi connectivity index (χ4n) is 2.56. The van der Waals surface area contributed by atoms with E-state index in [4.69, 9.17) is 20.9 Å². The van der Waals surface area contributed by atoms with Crippen LogP contribution in [0.15, 0.2) is 0 Å². The zero-order chi connectivity index (χ0) is 18.3. The zero-order valence-electron chi connectivity index (χ0n) is 14.9. The molecule has 0 aliphatic heterocycles. The number of hydrogen-bond acceptors (Lipinski definition) is 7. The summed E-state index contributed by atoms with van der Waals surface area (Å²) in [7, 11) is 0. The van der Waals surface area contributed by atoms with Crippen molar-refractivity contribution >= 4 is 11.9 Å². The number of rotatable bonds is 2. The van der Waals surface area contributed by atoms with Crippen LogP contribution < -0.4 is 11.5 Å². The Bertz CT molecular complexity index is 480. The Morgan fingerprint density at radius 1 is 0.957 bits per heavy atom. The van der Waals surface area contributed by atoms with Gasteiger partial charge in [-0.3, -0.25) is 0 Å². The minimum atomic E-state index is -1.85. The molecule has 0 saturated heterocycles. The highest BCUT2D eigenvalue weighted by molar-refractivity contribution is 5.95. The minimum Gasteiger partial charge on any atom is -0.459 e. The minimum absolute atomic E-state index is 0.0405. The molecule has 3 atom stereocenters. The van der Waals surface area contributed by atoms with Crippen LogP contribution in [0.4, 0.5) is 0 Å². The van der Waals surface area contributed by atoms with Crippen molar-refractivity contribution in [3.8, 4) is 0 Å². The maximum absolute atomic E-state index is 12.6. The maximum atomic E-state index is 12.6. The first kappa shape index (κ1) is 19.9. The van der Waals surface area contributed by atoms with Gasteiger partial charge in [-0.05, 0) is 54.4 Å². The Morgan fingerprint density at radius 3 is 1.74 bits per heavy atom. The summed E-state index contributed by atoms with van der Waals surface area (Å²) < 4.78 is 10.7. The number of carbonyl (C=O) groups excluding carboxylic acids is 2. The number of aliphatic hydroxyl groups is 1. The summed E-state index contributed by atoms with van der Waals surface area (Å²) in [6.45, 7) is 10.2. The number of esters is 2. The Balaban J connectivity index is 3.20. The van der Waals surface area contributed by atoms with Crippen molar-refractivity contribution in [2.45, 2.75) is 89.2 Å². The van der Waals surface area contributed by atoms with Crippen molar-refractivity contribution in [2.75, 3.05) is 0 Å². The number of hydrogen-bond donors (Lipinski definition) is 3. The van der Waals surface area contributed by atoms with Gasteiger partial charge in [-0.15, -0.1) is 0 Å². The lowest BCUT2D eigenvalue weighted by Crippen LogP contribution is -2.77. The Morgan fingerprint density at radius 2 is 1.35 bits per heavy atom. The lowest BCUT2D eigenvalue weighted by Gasteiger charge is -2.47. The van der Waals surface area contributed by atoms with E-state index in [0.29, 0.717) is 0 Å². The molecule has 1 rings (SSSR count). The second-order valence-electron chi connectivity index (χ2n) is 8.34. The van der Waals surface area contributed by atoms with Crippen LogP contribution in [0.1, 0.15) is 60.8 Å². The van der Waals surface area contributed by atoms with E-state index in [1.807, 2.05) is 0 Å². The van der Waals surface area contributed by atoms with Crippen molar-refractivity contribution in [3.05, 3.63) is 0 Å². The highest BCUT2D eigenvalue weighted by atomic mass is 16.6. The average Bonchev–Trinajstić information content (AvgIpc) is 2.29. The van der Waals surface area contributed by atoms with Crippen molar-refractivity contribution in [1.82, 2.24) is 0 Å². The summed E-state index contributed by atoms with van der Waals surface area (Å²) in [6, 6.07) is 0. The molecule has 134 valence electrons. The molecular formula is C16H30N2O5. The third kappa shape index (κ3) is 4.43. The van der Waals surface area contributed by atoms with Crippen LogP contribution in [-0.2, 0) is 19.1 Å². The van der Waals surface area contributed by atoms with Crippen LogP contribution in [-0.4, -0.2) is 45.4 Å². The van der Waals surface area contributed by atoms with E-state index in [1.165, 1.54) is 0 Å². The highest BCUT2D eigenvalue weighted by Gasteiger charge is 2.62. The molecule has 0 spiro atoms. The number of ether oxygens (including phenoxy) is 2. The molecule has 0 radical (unpaired) electrons. The summed E-state index contributed by atoms with van der Waals surface area (Å²) >= 11 is 0. The highest BCUT2D eigenvalue weighted by Crippen LogP contribution is 2.37. The van der Waals surface area contributed by atoms with Crippen molar-refractivity contribution < 1.29 is 24.2 Å². The number of aliphatic hydroxyl groups excluding tert-OH is 1. The molecule has 0 amide bonds. The molecule has 1 aliphatic rings. The van der Waals surface area contributed by atoms with E-state index in [-0.39, 0.29) is 19.3 Å². The fraction of sp³-hybridized carbons (Fsp3) is 0.875. The van der Waals surface area contributed by atoms with Gasteiger partial charge in [-0.2, -0.15) is 0 Å². The van der Waals surface area contributed by atoms with E-state index >= 15 is 0 Å². The standard InChI is InChI=1S/C16H30N2O5/c1-13(2,3)22-11(20)15(17)8-7-10(19)9-16(15,18)12(21)23-14(4,5)6/h10,19H,7-9,17-18H2,1-6H3. The molecule has 5 N–H and O–H groups in total. The van der Waals surface area contributed by atoms with Gasteiger partial charge in [0.2, 0.25) is 0 Å². The van der Waals surface area contributed by atoms with Gasteiger partial charge in [-0.25, -0.2) is 9.59 Å². The SMILES string of the molecule is CC(C)(C)OC(=O)C1(N)CCC(O)CC1(N)C(=O)OC(C)(C)C. The van der Waals surface area contributed by atoms with Gasteiger partial charge in [0.05, 0.1) is 6.10 Å². The van der Waals surface area contributed by atoms with Crippen molar-refractivity contribution in [1.29, 1.82) is 0 Å². The molecule has 0 bridgehead atoms. The van der Waals surface area contributed by atoms with Crippen LogP contribution in [0.5, 0.6) is 0 Å². The van der Waals surface area contributed by atoms with E-state index in [0.717, 1.165) is 0 Å². The largest absolute Gasteiger partial charge is 0.459 e. The molecule has 7 heteroatoms. The molecule has 0 aromatic rings. The normalized spacial score (nSPS) is 32.3. The number of nitrogens with two attached hydrogens (primary N) is 2. The van der Waals surface area contributed by atoms with Crippen LogP contribution in [0.25, 0.3) is 0 Å². The number of carbonyl (C=O) groups is 2. The molecule has 0 heterocycles. The fourth-order valence-corrected chi connectivity index (χ4v) is 2.56. The Hall–Kier alpha value is -1.18. The molecule has 1 saturated carbocycles. The predicted octanol–water partition coefficient (Wildman–Crippen LogP) is 0.610. The van der Waals surface area contributed by atoms with Gasteiger partial charge in [0.15, 0.2) is 0 Å². The van der Waals surface area contributed by atoms with Gasteiger partial charge in [0.1, 0.15) is 22.3 Å². The summed E-state index contributed by atoms with van der Waals surface area (Å²) in [5.74, 6) is -1.57. The van der Waals surface area contributed by atoms with E-state index < -0.39 is 40.3 Å². The molecule has 23 heavy (non-hydrogen) atoms. The summed E-state index contributed by atoms with van der Waals surface area (Å²) in [6.07, 6.45) is -0.680. The molecule has 0 aromatic heterocycles. The summed E-state index contributed by atoms with van der Waals surface area (Å²) in [4.78, 5) is 25.2. The lowest BCUT2D eigenvalue weighted by atomic mass is 9.66. The predicted molar refractivity (Wildman–Crippen MR) is 85.4 cm³/mol. The second kappa shape index (κ2) is 6.03. The third-order valence-corrected chi connectivity index (χ3v) is 3.75. The zero-order valence-corrected chi connectivity index (χ0v) is 14.9. The van der Waals surface area contributed by atoms with Crippen LogP contribution >= 0.6 is 0 Å². The van der Waals surface area contributed by atoms with Crippen LogP contribution in [0.2, 0.25) is 0 Å². The molecular weight excluding hydrogens is 300 g/mol.